The molecule has 3 aromatic heterocycles. The number of nitrogens with one attached hydrogen (secondary N) is 1. The fourth-order valence-corrected chi connectivity index (χ4v) is 5.18. The van der Waals surface area contributed by atoms with Crippen LogP contribution >= 0.6 is 0 Å². The largest absolute Gasteiger partial charge is 0.307 e. The van der Waals surface area contributed by atoms with Gasteiger partial charge in [-0.2, -0.15) is 5.10 Å². The van der Waals surface area contributed by atoms with Crippen molar-refractivity contribution in [2.45, 2.75) is 57.8 Å². The highest BCUT2D eigenvalue weighted by atomic mass is 15.2. The Morgan fingerprint density at radius 1 is 0.917 bits per heavy atom. The SMILES string of the molecule is Cn1ccc(CCCN(Cc2ccc(CNCc3ccccn3)cc2)C2CCCc3cccnc32)n1. The molecule has 3 heterocycles. The molecule has 6 heteroatoms. The first-order valence-corrected chi connectivity index (χ1v) is 13.1. The number of hydrogen-bond acceptors (Lipinski definition) is 5. The van der Waals surface area contributed by atoms with Crippen LogP contribution in [0.15, 0.2) is 79.3 Å². The van der Waals surface area contributed by atoms with Gasteiger partial charge in [0.15, 0.2) is 0 Å². The number of fused-ring (bicyclic) bond motifs is 1. The summed E-state index contributed by atoms with van der Waals surface area (Å²) >= 11 is 0. The average Bonchev–Trinajstić information content (AvgIpc) is 3.34. The molecule has 1 aliphatic carbocycles. The van der Waals surface area contributed by atoms with E-state index in [0.29, 0.717) is 6.04 Å². The first-order chi connectivity index (χ1) is 17.7. The minimum absolute atomic E-state index is 0.374. The van der Waals surface area contributed by atoms with Crippen LogP contribution in [0.2, 0.25) is 0 Å². The number of benzene rings is 1. The van der Waals surface area contributed by atoms with Crippen LogP contribution in [0.5, 0.6) is 0 Å². The number of rotatable bonds is 11. The van der Waals surface area contributed by atoms with Crippen LogP contribution in [0.1, 0.15) is 59.1 Å². The van der Waals surface area contributed by atoms with Gasteiger partial charge < -0.3 is 5.32 Å². The molecule has 6 nitrogen and oxygen atoms in total. The monoisotopic (exact) mass is 480 g/mol. The molecule has 0 spiro atoms. The van der Waals surface area contributed by atoms with Crippen LogP contribution < -0.4 is 5.32 Å². The molecule has 5 rings (SSSR count). The zero-order chi connectivity index (χ0) is 24.6. The number of nitrogens with zero attached hydrogens (tertiary/aromatic N) is 5. The van der Waals surface area contributed by atoms with Crippen LogP contribution in [0.25, 0.3) is 0 Å². The van der Waals surface area contributed by atoms with Gasteiger partial charge >= 0.3 is 0 Å². The quantitative estimate of drug-likeness (QED) is 0.327. The predicted molar refractivity (Wildman–Crippen MR) is 143 cm³/mol. The fraction of sp³-hybridized carbons (Fsp3) is 0.367. The van der Waals surface area contributed by atoms with Gasteiger partial charge in [0.1, 0.15) is 0 Å². The maximum Gasteiger partial charge on any atom is 0.0624 e. The highest BCUT2D eigenvalue weighted by Gasteiger charge is 2.27. The van der Waals surface area contributed by atoms with Gasteiger partial charge in [-0.1, -0.05) is 36.4 Å². The van der Waals surface area contributed by atoms with Crippen LogP contribution in [-0.2, 0) is 39.5 Å². The van der Waals surface area contributed by atoms with Crippen LogP contribution in [-0.4, -0.2) is 31.2 Å². The van der Waals surface area contributed by atoms with Crippen molar-refractivity contribution in [1.82, 2.24) is 30.0 Å². The molecule has 0 saturated heterocycles. The Hall–Kier alpha value is -3.35. The number of pyridine rings is 2. The second kappa shape index (κ2) is 12.1. The molecule has 36 heavy (non-hydrogen) atoms. The number of aromatic nitrogens is 4. The van der Waals surface area contributed by atoms with Crippen LogP contribution in [0.3, 0.4) is 0 Å². The predicted octanol–water partition coefficient (Wildman–Crippen LogP) is 5.01. The second-order valence-electron chi connectivity index (χ2n) is 9.75. The molecule has 0 radical (unpaired) electrons. The van der Waals surface area contributed by atoms with E-state index in [1.54, 1.807) is 0 Å². The lowest BCUT2D eigenvalue weighted by Gasteiger charge is -2.35. The van der Waals surface area contributed by atoms with E-state index in [4.69, 9.17) is 4.98 Å². The highest BCUT2D eigenvalue weighted by Crippen LogP contribution is 2.34. The van der Waals surface area contributed by atoms with Gasteiger partial charge in [-0.15, -0.1) is 0 Å². The molecule has 0 bridgehead atoms. The molecular weight excluding hydrogens is 444 g/mol. The molecule has 1 atom stereocenters. The van der Waals surface area contributed by atoms with Gasteiger partial charge in [-0.3, -0.25) is 19.5 Å². The maximum atomic E-state index is 4.83. The van der Waals surface area contributed by atoms with E-state index in [1.165, 1.54) is 40.9 Å². The lowest BCUT2D eigenvalue weighted by atomic mass is 9.90. The third-order valence-electron chi connectivity index (χ3n) is 7.02. The van der Waals surface area contributed by atoms with Crippen molar-refractivity contribution >= 4 is 0 Å². The van der Waals surface area contributed by atoms with Crippen molar-refractivity contribution < 1.29 is 0 Å². The summed E-state index contributed by atoms with van der Waals surface area (Å²) in [5.74, 6) is 0. The maximum absolute atomic E-state index is 4.83. The molecule has 1 unspecified atom stereocenters. The van der Waals surface area contributed by atoms with E-state index >= 15 is 0 Å². The van der Waals surface area contributed by atoms with Crippen molar-refractivity contribution in [2.75, 3.05) is 6.54 Å². The van der Waals surface area contributed by atoms with Crippen molar-refractivity contribution in [1.29, 1.82) is 0 Å². The molecule has 0 aliphatic heterocycles. The molecule has 4 aromatic rings. The lowest BCUT2D eigenvalue weighted by molar-refractivity contribution is 0.163. The zero-order valence-corrected chi connectivity index (χ0v) is 21.2. The Balaban J connectivity index is 1.23. The van der Waals surface area contributed by atoms with E-state index in [-0.39, 0.29) is 0 Å². The topological polar surface area (TPSA) is 58.9 Å². The van der Waals surface area contributed by atoms with Crippen molar-refractivity contribution in [3.8, 4) is 0 Å². The summed E-state index contributed by atoms with van der Waals surface area (Å²) in [6.45, 7) is 3.58. The van der Waals surface area contributed by atoms with Crippen molar-refractivity contribution in [3.63, 3.8) is 0 Å². The third kappa shape index (κ3) is 6.45. The number of hydrogen-bond donors (Lipinski definition) is 1. The molecule has 0 amide bonds. The summed E-state index contributed by atoms with van der Waals surface area (Å²) in [7, 11) is 1.98. The first-order valence-electron chi connectivity index (χ1n) is 13.1. The summed E-state index contributed by atoms with van der Waals surface area (Å²) in [6, 6.07) is 21.9. The average molecular weight is 481 g/mol. The summed E-state index contributed by atoms with van der Waals surface area (Å²) in [5, 5.41) is 8.07. The Morgan fingerprint density at radius 3 is 2.58 bits per heavy atom. The first kappa shape index (κ1) is 24.3. The van der Waals surface area contributed by atoms with Gasteiger partial charge in [-0.05, 0) is 79.6 Å². The van der Waals surface area contributed by atoms with Crippen LogP contribution in [0.4, 0.5) is 0 Å². The molecule has 1 aliphatic rings. The second-order valence-corrected chi connectivity index (χ2v) is 9.75. The van der Waals surface area contributed by atoms with E-state index < -0.39 is 0 Å². The standard InChI is InChI=1S/C30H36N6/c1-35-20-16-27(34-35)10-6-19-36(29-11-4-7-26-8-5-18-33-30(26)29)23-25-14-12-24(13-15-25)21-31-22-28-9-2-3-17-32-28/h2-3,5,8-9,12-18,20,29,31H,4,6-7,10-11,19,21-23H2,1H3. The van der Waals surface area contributed by atoms with Gasteiger partial charge in [0.2, 0.25) is 0 Å². The Bertz CT molecular complexity index is 1220. The Morgan fingerprint density at radius 2 is 1.78 bits per heavy atom. The minimum atomic E-state index is 0.374. The lowest BCUT2D eigenvalue weighted by Crippen LogP contribution is -2.33. The summed E-state index contributed by atoms with van der Waals surface area (Å²) in [6.07, 6.45) is 11.4. The van der Waals surface area contributed by atoms with Crippen molar-refractivity contribution in [3.05, 3.63) is 113 Å². The van der Waals surface area contributed by atoms with E-state index in [9.17, 15) is 0 Å². The smallest absolute Gasteiger partial charge is 0.0624 e. The van der Waals surface area contributed by atoms with Gasteiger partial charge in [0.25, 0.3) is 0 Å². The molecule has 0 saturated carbocycles. The van der Waals surface area contributed by atoms with Gasteiger partial charge in [0.05, 0.1) is 23.1 Å². The van der Waals surface area contributed by atoms with E-state index in [2.05, 4.69) is 68.8 Å². The number of aryl methyl sites for hydroxylation is 3. The highest BCUT2D eigenvalue weighted by molar-refractivity contribution is 5.27. The van der Waals surface area contributed by atoms with Crippen LogP contribution in [0, 0.1) is 0 Å². The molecular formula is C30H36N6. The van der Waals surface area contributed by atoms with E-state index in [1.807, 2.05) is 42.5 Å². The molecule has 1 N–H and O–H groups in total. The zero-order valence-electron chi connectivity index (χ0n) is 21.2. The Labute approximate surface area is 214 Å². The molecule has 0 fully saturated rings. The molecule has 186 valence electrons. The van der Waals surface area contributed by atoms with Gasteiger partial charge in [-0.25, -0.2) is 0 Å². The minimum Gasteiger partial charge on any atom is -0.307 e. The third-order valence-corrected chi connectivity index (χ3v) is 7.02. The van der Waals surface area contributed by atoms with Crippen molar-refractivity contribution in [2.24, 2.45) is 7.05 Å². The summed E-state index contributed by atoms with van der Waals surface area (Å²) in [4.78, 5) is 11.9. The summed E-state index contributed by atoms with van der Waals surface area (Å²) in [5.41, 5.74) is 7.57. The van der Waals surface area contributed by atoms with E-state index in [0.717, 1.165) is 51.1 Å². The summed E-state index contributed by atoms with van der Waals surface area (Å²) < 4.78 is 1.89. The Kier molecular flexibility index (Phi) is 8.16. The fourth-order valence-electron chi connectivity index (χ4n) is 5.18. The molecule has 1 aromatic carbocycles. The van der Waals surface area contributed by atoms with Gasteiger partial charge in [0, 0.05) is 45.3 Å². The normalized spacial score (nSPS) is 15.2.